The molecule has 0 aromatic rings. The Hall–Kier alpha value is -0.0800. The molecule has 2 atom stereocenters. The van der Waals surface area contributed by atoms with Gasteiger partial charge in [-0.2, -0.15) is 0 Å². The summed E-state index contributed by atoms with van der Waals surface area (Å²) in [7, 11) is 2.20. The van der Waals surface area contributed by atoms with Gasteiger partial charge in [0.05, 0.1) is 6.10 Å². The molecule has 4 aliphatic carbocycles. The number of rotatable bonds is 6. The summed E-state index contributed by atoms with van der Waals surface area (Å²) in [6.07, 6.45) is 10.7. The van der Waals surface area contributed by atoms with E-state index in [1.807, 2.05) is 0 Å². The number of nitrogens with zero attached hydrogens (tertiary/aromatic N) is 1. The molecule has 116 valence electrons. The van der Waals surface area contributed by atoms with E-state index in [1.54, 1.807) is 0 Å². The standard InChI is InChI=1S/C18H33NO/c1-4-5-13(2)19(3)12-17(20)18-9-14-6-15(10-18)8-16(7-14)11-18/h13-17,20H,4-12H2,1-3H3. The molecule has 4 aliphatic rings. The summed E-state index contributed by atoms with van der Waals surface area (Å²) >= 11 is 0. The molecule has 4 rings (SSSR count). The average Bonchev–Trinajstić information content (AvgIpc) is 2.37. The van der Waals surface area contributed by atoms with Crippen LogP contribution in [-0.4, -0.2) is 35.7 Å². The Bertz CT molecular complexity index is 305. The minimum atomic E-state index is -0.0970. The zero-order valence-corrected chi connectivity index (χ0v) is 13.6. The molecule has 0 aromatic heterocycles. The summed E-state index contributed by atoms with van der Waals surface area (Å²) in [6.45, 7) is 5.43. The van der Waals surface area contributed by atoms with Crippen LogP contribution in [0, 0.1) is 23.2 Å². The third-order valence-corrected chi connectivity index (χ3v) is 6.71. The summed E-state index contributed by atoms with van der Waals surface area (Å²) in [4.78, 5) is 2.40. The van der Waals surface area contributed by atoms with E-state index in [9.17, 15) is 5.11 Å². The molecule has 4 fully saturated rings. The first kappa shape index (κ1) is 14.8. The van der Waals surface area contributed by atoms with Gasteiger partial charge in [-0.25, -0.2) is 0 Å². The van der Waals surface area contributed by atoms with E-state index in [2.05, 4.69) is 25.8 Å². The molecule has 2 heteroatoms. The van der Waals surface area contributed by atoms with Gasteiger partial charge in [-0.3, -0.25) is 0 Å². The van der Waals surface area contributed by atoms with Gasteiger partial charge in [-0.1, -0.05) is 13.3 Å². The van der Waals surface area contributed by atoms with Crippen LogP contribution in [0.1, 0.15) is 65.2 Å². The van der Waals surface area contributed by atoms with Crippen molar-refractivity contribution in [2.24, 2.45) is 23.2 Å². The van der Waals surface area contributed by atoms with Gasteiger partial charge in [0.2, 0.25) is 0 Å². The molecule has 1 N–H and O–H groups in total. The lowest BCUT2D eigenvalue weighted by molar-refractivity contribution is -0.127. The highest BCUT2D eigenvalue weighted by Gasteiger charge is 2.54. The smallest absolute Gasteiger partial charge is 0.0723 e. The quantitative estimate of drug-likeness (QED) is 0.801. The zero-order valence-electron chi connectivity index (χ0n) is 13.6. The van der Waals surface area contributed by atoms with Crippen LogP contribution < -0.4 is 0 Å². The third-order valence-electron chi connectivity index (χ3n) is 6.71. The predicted octanol–water partition coefficient (Wildman–Crippen LogP) is 3.68. The molecular formula is C18H33NO. The van der Waals surface area contributed by atoms with Crippen LogP contribution in [-0.2, 0) is 0 Å². The first-order valence-corrected chi connectivity index (χ1v) is 8.90. The number of aliphatic hydroxyl groups is 1. The van der Waals surface area contributed by atoms with Crippen LogP contribution in [0.3, 0.4) is 0 Å². The van der Waals surface area contributed by atoms with E-state index in [0.29, 0.717) is 6.04 Å². The predicted molar refractivity (Wildman–Crippen MR) is 83.6 cm³/mol. The topological polar surface area (TPSA) is 23.5 Å². The van der Waals surface area contributed by atoms with Crippen molar-refractivity contribution in [3.63, 3.8) is 0 Å². The summed E-state index contributed by atoms with van der Waals surface area (Å²) in [6, 6.07) is 0.601. The van der Waals surface area contributed by atoms with E-state index < -0.39 is 0 Å². The number of likely N-dealkylation sites (N-methyl/N-ethyl adjacent to an activating group) is 1. The molecular weight excluding hydrogens is 246 g/mol. The van der Waals surface area contributed by atoms with Gasteiger partial charge < -0.3 is 10.0 Å². The number of hydrogen-bond donors (Lipinski definition) is 1. The monoisotopic (exact) mass is 279 g/mol. The fraction of sp³-hybridized carbons (Fsp3) is 1.00. The lowest BCUT2D eigenvalue weighted by Crippen LogP contribution is -2.54. The van der Waals surface area contributed by atoms with Crippen molar-refractivity contribution in [2.45, 2.75) is 77.4 Å². The Morgan fingerprint density at radius 1 is 1.10 bits per heavy atom. The average molecular weight is 279 g/mol. The van der Waals surface area contributed by atoms with Gasteiger partial charge in [0.25, 0.3) is 0 Å². The van der Waals surface area contributed by atoms with Gasteiger partial charge in [0.1, 0.15) is 0 Å². The number of hydrogen-bond acceptors (Lipinski definition) is 2. The fourth-order valence-corrected chi connectivity index (χ4v) is 5.87. The van der Waals surface area contributed by atoms with Crippen molar-refractivity contribution in [3.8, 4) is 0 Å². The Morgan fingerprint density at radius 3 is 2.05 bits per heavy atom. The Morgan fingerprint density at radius 2 is 1.60 bits per heavy atom. The molecule has 4 saturated carbocycles. The lowest BCUT2D eigenvalue weighted by atomic mass is 9.48. The van der Waals surface area contributed by atoms with Gasteiger partial charge in [-0.05, 0) is 82.1 Å². The SMILES string of the molecule is CCCC(C)N(C)CC(O)C12CC3CC(CC(C3)C1)C2. The van der Waals surface area contributed by atoms with E-state index in [0.717, 1.165) is 24.3 Å². The minimum Gasteiger partial charge on any atom is -0.391 e. The molecule has 2 unspecified atom stereocenters. The molecule has 0 amide bonds. The first-order chi connectivity index (χ1) is 9.52. The number of aliphatic hydroxyl groups excluding tert-OH is 1. The molecule has 0 saturated heterocycles. The van der Waals surface area contributed by atoms with Crippen LogP contribution in [0.15, 0.2) is 0 Å². The maximum atomic E-state index is 11.0. The van der Waals surface area contributed by atoms with Gasteiger partial charge >= 0.3 is 0 Å². The second-order valence-electron chi connectivity index (χ2n) is 8.37. The molecule has 0 aliphatic heterocycles. The van der Waals surface area contributed by atoms with Crippen molar-refractivity contribution in [1.82, 2.24) is 4.90 Å². The zero-order chi connectivity index (χ0) is 14.3. The Kier molecular flexibility index (Phi) is 4.16. The summed E-state index contributed by atoms with van der Waals surface area (Å²) < 4.78 is 0. The molecule has 20 heavy (non-hydrogen) atoms. The second-order valence-corrected chi connectivity index (χ2v) is 8.37. The van der Waals surface area contributed by atoms with E-state index in [-0.39, 0.29) is 11.5 Å². The molecule has 0 radical (unpaired) electrons. The molecule has 0 heterocycles. The highest BCUT2D eigenvalue weighted by atomic mass is 16.3. The largest absolute Gasteiger partial charge is 0.391 e. The summed E-state index contributed by atoms with van der Waals surface area (Å²) in [5.41, 5.74) is 0.287. The summed E-state index contributed by atoms with van der Waals surface area (Å²) in [5, 5.41) is 11.0. The minimum absolute atomic E-state index is 0.0970. The second kappa shape index (κ2) is 5.61. The van der Waals surface area contributed by atoms with Gasteiger partial charge in [0.15, 0.2) is 0 Å². The molecule has 2 nitrogen and oxygen atoms in total. The molecule has 0 aromatic carbocycles. The highest BCUT2D eigenvalue weighted by Crippen LogP contribution is 2.61. The van der Waals surface area contributed by atoms with Crippen molar-refractivity contribution in [1.29, 1.82) is 0 Å². The van der Waals surface area contributed by atoms with Crippen molar-refractivity contribution in [3.05, 3.63) is 0 Å². The third kappa shape index (κ3) is 2.66. The fourth-order valence-electron chi connectivity index (χ4n) is 5.87. The lowest BCUT2D eigenvalue weighted by Gasteiger charge is -2.58. The maximum absolute atomic E-state index is 11.0. The van der Waals surface area contributed by atoms with Crippen molar-refractivity contribution >= 4 is 0 Å². The highest BCUT2D eigenvalue weighted by molar-refractivity contribution is 5.04. The van der Waals surface area contributed by atoms with E-state index in [1.165, 1.54) is 51.4 Å². The summed E-state index contributed by atoms with van der Waals surface area (Å²) in [5.74, 6) is 2.82. The maximum Gasteiger partial charge on any atom is 0.0723 e. The first-order valence-electron chi connectivity index (χ1n) is 8.90. The van der Waals surface area contributed by atoms with Crippen LogP contribution in [0.5, 0.6) is 0 Å². The van der Waals surface area contributed by atoms with Crippen LogP contribution >= 0.6 is 0 Å². The van der Waals surface area contributed by atoms with Crippen LogP contribution in [0.25, 0.3) is 0 Å². The normalized spacial score (nSPS) is 42.1. The van der Waals surface area contributed by atoms with Gasteiger partial charge in [-0.15, -0.1) is 0 Å². The van der Waals surface area contributed by atoms with E-state index in [4.69, 9.17) is 0 Å². The van der Waals surface area contributed by atoms with Crippen LogP contribution in [0.2, 0.25) is 0 Å². The van der Waals surface area contributed by atoms with Crippen LogP contribution in [0.4, 0.5) is 0 Å². The molecule has 4 bridgehead atoms. The van der Waals surface area contributed by atoms with Crippen molar-refractivity contribution in [2.75, 3.05) is 13.6 Å². The van der Waals surface area contributed by atoms with E-state index >= 15 is 0 Å². The molecule has 0 spiro atoms. The Balaban J connectivity index is 1.63. The Labute approximate surface area is 124 Å². The van der Waals surface area contributed by atoms with Gasteiger partial charge in [0, 0.05) is 12.6 Å². The van der Waals surface area contributed by atoms with Crippen molar-refractivity contribution < 1.29 is 5.11 Å².